The molecule has 8 heteroatoms. The van der Waals surface area contributed by atoms with E-state index in [1.807, 2.05) is 18.2 Å². The highest BCUT2D eigenvalue weighted by Gasteiger charge is 2.57. The fourth-order valence-electron chi connectivity index (χ4n) is 4.67. The summed E-state index contributed by atoms with van der Waals surface area (Å²) in [5.41, 5.74) is 0. The molecule has 3 atom stereocenters. The number of hydrogen-bond acceptors (Lipinski definition) is 6. The smallest absolute Gasteiger partial charge is 0.303 e. The molecule has 1 aliphatic heterocycles. The molecule has 0 aromatic rings. The standard InChI is InChI=1S/C23H35NO7/c1-2-3-6-9-19(25)12-13-20-18(17-24(28)29)16-23(30-14-15-31-23)21(20)10-7-4-5-8-11-22(26)27/h4,7,12-13,18,20-21H,2-3,5-6,8-11,14-17H2,1H3,(H,26,27). The summed E-state index contributed by atoms with van der Waals surface area (Å²) in [5.74, 6) is -2.21. The lowest BCUT2D eigenvalue weighted by Crippen LogP contribution is -2.36. The first kappa shape index (κ1) is 25.2. The molecule has 1 N–H and O–H groups in total. The maximum atomic E-state index is 12.3. The van der Waals surface area contributed by atoms with Crippen molar-refractivity contribution in [2.75, 3.05) is 19.8 Å². The van der Waals surface area contributed by atoms with Gasteiger partial charge in [0.15, 0.2) is 11.6 Å². The summed E-state index contributed by atoms with van der Waals surface area (Å²) >= 11 is 0. The van der Waals surface area contributed by atoms with Crippen LogP contribution in [0.2, 0.25) is 0 Å². The molecule has 2 aliphatic rings. The Labute approximate surface area is 183 Å². The van der Waals surface area contributed by atoms with E-state index in [0.717, 1.165) is 19.3 Å². The van der Waals surface area contributed by atoms with E-state index in [0.29, 0.717) is 45.3 Å². The Balaban J connectivity index is 2.11. The quantitative estimate of drug-likeness (QED) is 0.143. The monoisotopic (exact) mass is 437 g/mol. The average Bonchev–Trinajstić information content (AvgIpc) is 3.27. The van der Waals surface area contributed by atoms with Gasteiger partial charge in [0.05, 0.1) is 13.2 Å². The number of nitrogens with zero attached hydrogens (tertiary/aromatic N) is 1. The topological polar surface area (TPSA) is 116 Å². The Bertz CT molecular complexity index is 667. The van der Waals surface area contributed by atoms with Crippen molar-refractivity contribution in [2.24, 2.45) is 17.8 Å². The molecule has 1 heterocycles. The number of carboxylic acid groups (broad SMARTS) is 1. The van der Waals surface area contributed by atoms with Gasteiger partial charge in [-0.05, 0) is 37.7 Å². The second-order valence-electron chi connectivity index (χ2n) is 8.45. The largest absolute Gasteiger partial charge is 0.481 e. The van der Waals surface area contributed by atoms with Crippen molar-refractivity contribution in [3.8, 4) is 0 Å². The number of rotatable bonds is 14. The Hall–Kier alpha value is -2.06. The molecule has 1 aliphatic carbocycles. The molecule has 8 nitrogen and oxygen atoms in total. The van der Waals surface area contributed by atoms with Gasteiger partial charge < -0.3 is 14.6 Å². The summed E-state index contributed by atoms with van der Waals surface area (Å²) in [4.78, 5) is 33.9. The predicted molar refractivity (Wildman–Crippen MR) is 115 cm³/mol. The van der Waals surface area contributed by atoms with Gasteiger partial charge in [-0.25, -0.2) is 0 Å². The molecule has 0 amide bonds. The zero-order chi connectivity index (χ0) is 22.7. The third kappa shape index (κ3) is 7.85. The molecule has 3 unspecified atom stereocenters. The van der Waals surface area contributed by atoms with E-state index in [9.17, 15) is 19.7 Å². The van der Waals surface area contributed by atoms with Crippen molar-refractivity contribution in [1.29, 1.82) is 0 Å². The van der Waals surface area contributed by atoms with Gasteiger partial charge in [-0.3, -0.25) is 19.7 Å². The molecule has 174 valence electrons. The first-order valence-corrected chi connectivity index (χ1v) is 11.4. The van der Waals surface area contributed by atoms with Crippen molar-refractivity contribution >= 4 is 11.8 Å². The molecule has 0 bridgehead atoms. The van der Waals surface area contributed by atoms with Gasteiger partial charge in [0.1, 0.15) is 0 Å². The number of nitro groups is 1. The van der Waals surface area contributed by atoms with Crippen LogP contribution in [0, 0.1) is 27.9 Å². The van der Waals surface area contributed by atoms with E-state index in [1.54, 1.807) is 6.08 Å². The van der Waals surface area contributed by atoms with Crippen molar-refractivity contribution in [3.05, 3.63) is 34.4 Å². The lowest BCUT2D eigenvalue weighted by Gasteiger charge is -2.30. The van der Waals surface area contributed by atoms with Gasteiger partial charge in [0.2, 0.25) is 6.54 Å². The highest BCUT2D eigenvalue weighted by Crippen LogP contribution is 2.51. The Kier molecular flexibility index (Phi) is 10.3. The zero-order valence-electron chi connectivity index (χ0n) is 18.4. The molecule has 31 heavy (non-hydrogen) atoms. The molecule has 1 spiro atoms. The molecule has 1 saturated carbocycles. The van der Waals surface area contributed by atoms with Crippen molar-refractivity contribution < 1.29 is 29.1 Å². The first-order chi connectivity index (χ1) is 14.9. The van der Waals surface area contributed by atoms with E-state index < -0.39 is 11.8 Å². The van der Waals surface area contributed by atoms with Crippen LogP contribution in [0.1, 0.15) is 64.7 Å². The lowest BCUT2D eigenvalue weighted by atomic mass is 9.85. The van der Waals surface area contributed by atoms with Gasteiger partial charge >= 0.3 is 5.97 Å². The minimum absolute atomic E-state index is 0.0467. The lowest BCUT2D eigenvalue weighted by molar-refractivity contribution is -0.489. The van der Waals surface area contributed by atoms with Crippen LogP contribution < -0.4 is 0 Å². The maximum absolute atomic E-state index is 12.3. The molecular weight excluding hydrogens is 402 g/mol. The predicted octanol–water partition coefficient (Wildman–Crippen LogP) is 4.17. The number of allylic oxidation sites excluding steroid dienone is 4. The highest BCUT2D eigenvalue weighted by atomic mass is 16.7. The van der Waals surface area contributed by atoms with Gasteiger partial charge in [-0.2, -0.15) is 0 Å². The maximum Gasteiger partial charge on any atom is 0.303 e. The zero-order valence-corrected chi connectivity index (χ0v) is 18.4. The van der Waals surface area contributed by atoms with Gasteiger partial charge in [-0.1, -0.05) is 38.0 Å². The van der Waals surface area contributed by atoms with Crippen LogP contribution in [0.5, 0.6) is 0 Å². The van der Waals surface area contributed by atoms with E-state index in [4.69, 9.17) is 14.6 Å². The van der Waals surface area contributed by atoms with E-state index in [1.165, 1.54) is 0 Å². The number of aliphatic carboxylic acids is 1. The number of unbranched alkanes of at least 4 members (excludes halogenated alkanes) is 3. The SMILES string of the molecule is CCCCCC(=O)C=CC1C(C[N+](=O)[O-])CC2(OCCO2)C1CC=CCCCC(=O)O. The minimum atomic E-state index is -0.855. The van der Waals surface area contributed by atoms with Crippen LogP contribution in [0.15, 0.2) is 24.3 Å². The van der Waals surface area contributed by atoms with E-state index >= 15 is 0 Å². The first-order valence-electron chi connectivity index (χ1n) is 11.4. The molecular formula is C23H35NO7. The number of ketones is 1. The summed E-state index contributed by atoms with van der Waals surface area (Å²) in [6.07, 6.45) is 13.1. The second kappa shape index (κ2) is 12.7. The summed E-state index contributed by atoms with van der Waals surface area (Å²) < 4.78 is 12.0. The highest BCUT2D eigenvalue weighted by molar-refractivity contribution is 5.89. The van der Waals surface area contributed by atoms with Crippen LogP contribution in [-0.2, 0) is 19.1 Å². The fourth-order valence-corrected chi connectivity index (χ4v) is 4.67. The Morgan fingerprint density at radius 1 is 1.16 bits per heavy atom. The molecule has 0 aromatic carbocycles. The number of ether oxygens (including phenoxy) is 2. The van der Waals surface area contributed by atoms with Crippen LogP contribution >= 0.6 is 0 Å². The van der Waals surface area contributed by atoms with Gasteiger partial charge in [-0.15, -0.1) is 0 Å². The van der Waals surface area contributed by atoms with E-state index in [2.05, 4.69) is 6.92 Å². The molecule has 0 aromatic heterocycles. The average molecular weight is 438 g/mol. The number of carboxylic acids is 1. The Morgan fingerprint density at radius 2 is 1.90 bits per heavy atom. The van der Waals surface area contributed by atoms with Crippen LogP contribution in [0.25, 0.3) is 0 Å². The molecule has 0 radical (unpaired) electrons. The van der Waals surface area contributed by atoms with E-state index in [-0.39, 0.29) is 41.4 Å². The normalized spacial score (nSPS) is 25.1. The van der Waals surface area contributed by atoms with Gasteiger partial charge in [0, 0.05) is 36.0 Å². The summed E-state index contributed by atoms with van der Waals surface area (Å²) in [6, 6.07) is 0. The van der Waals surface area contributed by atoms with Crippen molar-refractivity contribution in [1.82, 2.24) is 0 Å². The van der Waals surface area contributed by atoms with Crippen molar-refractivity contribution in [2.45, 2.75) is 70.5 Å². The third-order valence-electron chi connectivity index (χ3n) is 6.13. The van der Waals surface area contributed by atoms with Crippen LogP contribution in [0.3, 0.4) is 0 Å². The summed E-state index contributed by atoms with van der Waals surface area (Å²) in [6.45, 7) is 2.81. The number of hydrogen-bond donors (Lipinski definition) is 1. The van der Waals surface area contributed by atoms with Gasteiger partial charge in [0.25, 0.3) is 0 Å². The molecule has 2 fully saturated rings. The van der Waals surface area contributed by atoms with Crippen LogP contribution in [-0.4, -0.2) is 47.3 Å². The summed E-state index contributed by atoms with van der Waals surface area (Å²) in [7, 11) is 0. The number of carbonyl (C=O) groups is 2. The molecule has 1 saturated heterocycles. The third-order valence-corrected chi connectivity index (χ3v) is 6.13. The van der Waals surface area contributed by atoms with Crippen LogP contribution in [0.4, 0.5) is 0 Å². The minimum Gasteiger partial charge on any atom is -0.481 e. The Morgan fingerprint density at radius 3 is 2.55 bits per heavy atom. The molecule has 2 rings (SSSR count). The van der Waals surface area contributed by atoms with Crippen molar-refractivity contribution in [3.63, 3.8) is 0 Å². The fraction of sp³-hybridized carbons (Fsp3) is 0.739. The second-order valence-corrected chi connectivity index (χ2v) is 8.45. The number of carbonyl (C=O) groups excluding carboxylic acids is 1. The summed E-state index contributed by atoms with van der Waals surface area (Å²) in [5, 5.41) is 20.0.